The average Bonchev–Trinajstić information content (AvgIpc) is 2.86. The highest BCUT2D eigenvalue weighted by Crippen LogP contribution is 2.16. The van der Waals surface area contributed by atoms with Gasteiger partial charge < -0.3 is 5.32 Å². The molecule has 0 fully saturated rings. The van der Waals surface area contributed by atoms with Gasteiger partial charge in [-0.2, -0.15) is 0 Å². The fourth-order valence-corrected chi connectivity index (χ4v) is 2.56. The van der Waals surface area contributed by atoms with E-state index in [2.05, 4.69) is 10.3 Å². The molecule has 1 amide bonds. The van der Waals surface area contributed by atoms with Gasteiger partial charge in [-0.05, 0) is 47.9 Å². The largest absolute Gasteiger partial charge is 0.309 e. The fourth-order valence-electron chi connectivity index (χ4n) is 2.34. The van der Waals surface area contributed by atoms with E-state index >= 15 is 0 Å². The van der Waals surface area contributed by atoms with E-state index in [1.807, 2.05) is 24.3 Å². The van der Waals surface area contributed by atoms with Crippen LogP contribution in [0.5, 0.6) is 0 Å². The van der Waals surface area contributed by atoms with Crippen LogP contribution in [-0.4, -0.2) is 11.7 Å². The zero-order valence-corrected chi connectivity index (χ0v) is 13.0. The first kappa shape index (κ1) is 15.4. The smallest absolute Gasteiger partial charge is 0.275 e. The molecular formula is C18H14ClFN2O. The molecule has 0 radical (unpaired) electrons. The Balaban J connectivity index is 1.71. The van der Waals surface area contributed by atoms with Crippen LogP contribution < -0.4 is 5.32 Å². The lowest BCUT2D eigenvalue weighted by atomic mass is 10.1. The molecule has 0 saturated heterocycles. The van der Waals surface area contributed by atoms with Crippen LogP contribution in [0.25, 0.3) is 6.08 Å². The van der Waals surface area contributed by atoms with Crippen LogP contribution in [0.2, 0.25) is 5.02 Å². The number of rotatable bonds is 4. The lowest BCUT2D eigenvalue weighted by molar-refractivity contribution is -0.115. The van der Waals surface area contributed by atoms with Gasteiger partial charge in [0.05, 0.1) is 0 Å². The molecule has 2 aromatic carbocycles. The van der Waals surface area contributed by atoms with Crippen LogP contribution in [0, 0.1) is 5.82 Å². The van der Waals surface area contributed by atoms with E-state index in [1.54, 1.807) is 18.2 Å². The summed E-state index contributed by atoms with van der Waals surface area (Å²) in [7, 11) is 0. The third-order valence-electron chi connectivity index (χ3n) is 3.44. The number of hydrogen-bond donors (Lipinski definition) is 1. The minimum atomic E-state index is -0.345. The number of amides is 1. The van der Waals surface area contributed by atoms with Crippen molar-refractivity contribution in [1.29, 1.82) is 0 Å². The van der Waals surface area contributed by atoms with Crippen molar-refractivity contribution < 1.29 is 9.18 Å². The standard InChI is InChI=1S/C18H14ClFN2O/c19-14-5-1-3-12(9-14)7-8-17-21-16(18(23)22-17)11-13-4-2-6-15(20)10-13/h1-6,9-11H,7-8H2,(H,21,22,23)/b16-11+. The van der Waals surface area contributed by atoms with Gasteiger partial charge >= 0.3 is 0 Å². The zero-order chi connectivity index (χ0) is 16.2. The summed E-state index contributed by atoms with van der Waals surface area (Å²) in [6.07, 6.45) is 2.91. The van der Waals surface area contributed by atoms with Crippen LogP contribution in [0.3, 0.4) is 0 Å². The first-order chi connectivity index (χ1) is 11.1. The second-order valence-corrected chi connectivity index (χ2v) is 5.66. The van der Waals surface area contributed by atoms with E-state index in [4.69, 9.17) is 11.6 Å². The van der Waals surface area contributed by atoms with Crippen LogP contribution in [-0.2, 0) is 11.2 Å². The summed E-state index contributed by atoms with van der Waals surface area (Å²) in [5, 5.41) is 3.43. The third kappa shape index (κ3) is 4.05. The molecule has 3 nitrogen and oxygen atoms in total. The van der Waals surface area contributed by atoms with Gasteiger partial charge in [0.2, 0.25) is 0 Å². The van der Waals surface area contributed by atoms with E-state index in [0.717, 1.165) is 12.0 Å². The molecule has 3 rings (SSSR count). The predicted octanol–water partition coefficient (Wildman–Crippen LogP) is 3.98. The highest BCUT2D eigenvalue weighted by atomic mass is 35.5. The Morgan fingerprint density at radius 3 is 2.74 bits per heavy atom. The third-order valence-corrected chi connectivity index (χ3v) is 3.67. The van der Waals surface area contributed by atoms with Crippen molar-refractivity contribution in [2.24, 2.45) is 4.99 Å². The van der Waals surface area contributed by atoms with Gasteiger partial charge in [-0.25, -0.2) is 9.38 Å². The van der Waals surface area contributed by atoms with Crippen molar-refractivity contribution in [3.8, 4) is 0 Å². The van der Waals surface area contributed by atoms with Crippen LogP contribution in [0.4, 0.5) is 4.39 Å². The zero-order valence-electron chi connectivity index (χ0n) is 12.2. The molecule has 0 bridgehead atoms. The Hall–Kier alpha value is -2.46. The summed E-state index contributed by atoms with van der Waals surface area (Å²) >= 11 is 5.95. The lowest BCUT2D eigenvalue weighted by Crippen LogP contribution is -2.24. The number of nitrogens with zero attached hydrogens (tertiary/aromatic N) is 1. The number of nitrogens with one attached hydrogen (secondary N) is 1. The number of carbonyl (C=O) groups is 1. The lowest BCUT2D eigenvalue weighted by Gasteiger charge is -2.01. The van der Waals surface area contributed by atoms with Gasteiger partial charge in [0.1, 0.15) is 17.3 Å². The van der Waals surface area contributed by atoms with Crippen molar-refractivity contribution in [2.45, 2.75) is 12.8 Å². The Kier molecular flexibility index (Phi) is 4.53. The number of aryl methyl sites for hydroxylation is 1. The van der Waals surface area contributed by atoms with Crippen molar-refractivity contribution in [1.82, 2.24) is 5.32 Å². The number of carbonyl (C=O) groups excluding carboxylic acids is 1. The Morgan fingerprint density at radius 1 is 1.13 bits per heavy atom. The van der Waals surface area contributed by atoms with Crippen molar-refractivity contribution in [3.63, 3.8) is 0 Å². The van der Waals surface area contributed by atoms with Crippen molar-refractivity contribution >= 4 is 29.4 Å². The normalized spacial score (nSPS) is 15.7. The summed E-state index contributed by atoms with van der Waals surface area (Å²) in [6, 6.07) is 13.6. The van der Waals surface area contributed by atoms with Gasteiger partial charge in [0.15, 0.2) is 0 Å². The quantitative estimate of drug-likeness (QED) is 0.847. The molecule has 0 spiro atoms. The van der Waals surface area contributed by atoms with Crippen molar-refractivity contribution in [3.05, 3.63) is 76.2 Å². The molecule has 1 heterocycles. The fraction of sp³-hybridized carbons (Fsp3) is 0.111. The topological polar surface area (TPSA) is 41.5 Å². The number of hydrogen-bond acceptors (Lipinski definition) is 2. The maximum Gasteiger partial charge on any atom is 0.275 e. The van der Waals surface area contributed by atoms with Gasteiger partial charge in [0, 0.05) is 11.4 Å². The second kappa shape index (κ2) is 6.75. The molecule has 23 heavy (non-hydrogen) atoms. The SMILES string of the molecule is O=C1NC(CCc2cccc(Cl)c2)=N/C1=C/c1cccc(F)c1. The summed E-state index contributed by atoms with van der Waals surface area (Å²) in [5.41, 5.74) is 1.98. The molecule has 116 valence electrons. The van der Waals surface area contributed by atoms with E-state index in [1.165, 1.54) is 12.1 Å². The van der Waals surface area contributed by atoms with Gasteiger partial charge in [-0.15, -0.1) is 0 Å². The minimum Gasteiger partial charge on any atom is -0.309 e. The second-order valence-electron chi connectivity index (χ2n) is 5.23. The van der Waals surface area contributed by atoms with Crippen LogP contribution >= 0.6 is 11.6 Å². The summed E-state index contributed by atoms with van der Waals surface area (Å²) in [4.78, 5) is 16.2. The summed E-state index contributed by atoms with van der Waals surface area (Å²) in [6.45, 7) is 0. The monoisotopic (exact) mass is 328 g/mol. The van der Waals surface area contributed by atoms with E-state index in [0.29, 0.717) is 22.8 Å². The van der Waals surface area contributed by atoms with E-state index in [9.17, 15) is 9.18 Å². The van der Waals surface area contributed by atoms with Gasteiger partial charge in [-0.1, -0.05) is 35.9 Å². The molecule has 0 aromatic heterocycles. The molecule has 1 aliphatic rings. The maximum atomic E-state index is 13.2. The molecule has 0 saturated carbocycles. The number of halogens is 2. The number of aliphatic imine (C=N–C) groups is 1. The average molecular weight is 329 g/mol. The Labute approximate surface area is 138 Å². The molecule has 0 aliphatic carbocycles. The van der Waals surface area contributed by atoms with Gasteiger partial charge in [0.25, 0.3) is 5.91 Å². The van der Waals surface area contributed by atoms with E-state index in [-0.39, 0.29) is 17.4 Å². The summed E-state index contributed by atoms with van der Waals surface area (Å²) in [5.74, 6) is -0.00380. The Bertz CT molecular complexity index is 814. The molecule has 1 aliphatic heterocycles. The number of amidine groups is 1. The first-order valence-corrected chi connectivity index (χ1v) is 7.58. The highest BCUT2D eigenvalue weighted by Gasteiger charge is 2.19. The molecule has 0 atom stereocenters. The molecular weight excluding hydrogens is 315 g/mol. The maximum absolute atomic E-state index is 13.2. The first-order valence-electron chi connectivity index (χ1n) is 7.21. The van der Waals surface area contributed by atoms with Crippen LogP contribution in [0.1, 0.15) is 17.5 Å². The molecule has 5 heteroatoms. The van der Waals surface area contributed by atoms with Crippen molar-refractivity contribution in [2.75, 3.05) is 0 Å². The summed E-state index contributed by atoms with van der Waals surface area (Å²) < 4.78 is 13.2. The van der Waals surface area contributed by atoms with Gasteiger partial charge in [-0.3, -0.25) is 4.79 Å². The molecule has 2 aromatic rings. The Morgan fingerprint density at radius 2 is 1.96 bits per heavy atom. The van der Waals surface area contributed by atoms with E-state index < -0.39 is 0 Å². The molecule has 1 N–H and O–H groups in total. The number of benzene rings is 2. The molecule has 0 unspecified atom stereocenters. The predicted molar refractivity (Wildman–Crippen MR) is 89.7 cm³/mol. The highest BCUT2D eigenvalue weighted by molar-refractivity contribution is 6.30. The van der Waals surface area contributed by atoms with Crippen LogP contribution in [0.15, 0.2) is 59.2 Å². The minimum absolute atomic E-state index is 0.268.